The van der Waals surface area contributed by atoms with Gasteiger partial charge >= 0.3 is 0 Å². The molecule has 0 aliphatic heterocycles. The number of hydrogen-bond acceptors (Lipinski definition) is 5. The Morgan fingerprint density at radius 2 is 2.24 bits per heavy atom. The minimum absolute atomic E-state index is 0.112. The molecule has 0 aromatic carbocycles. The molecule has 0 bridgehead atoms. The van der Waals surface area contributed by atoms with Gasteiger partial charge in [0.15, 0.2) is 0 Å². The van der Waals surface area contributed by atoms with Gasteiger partial charge in [0.2, 0.25) is 0 Å². The summed E-state index contributed by atoms with van der Waals surface area (Å²) in [5, 5.41) is 22.0. The first-order valence-corrected chi connectivity index (χ1v) is 5.92. The van der Waals surface area contributed by atoms with E-state index in [1.54, 1.807) is 7.05 Å². The van der Waals surface area contributed by atoms with Crippen molar-refractivity contribution in [2.24, 2.45) is 7.05 Å². The standard InChI is InChI=1S/C13H11N5O3/c1-8-10(18(20)21)3-4-12(15-8)16-13(19)11-5-9(6-14)7-17(11)2/h3-5,7H,1-2H3,(H,15,16,19). The fourth-order valence-corrected chi connectivity index (χ4v) is 1.85. The number of pyridine rings is 1. The molecule has 106 valence electrons. The molecule has 8 heteroatoms. The Labute approximate surface area is 119 Å². The third-order valence-electron chi connectivity index (χ3n) is 2.86. The molecule has 1 amide bonds. The summed E-state index contributed by atoms with van der Waals surface area (Å²) in [5.41, 5.74) is 0.765. The zero-order chi connectivity index (χ0) is 15.6. The van der Waals surface area contributed by atoms with E-state index in [0.29, 0.717) is 11.3 Å². The van der Waals surface area contributed by atoms with Crippen LogP contribution in [0.5, 0.6) is 0 Å². The van der Waals surface area contributed by atoms with Crippen LogP contribution in [0.4, 0.5) is 11.5 Å². The van der Waals surface area contributed by atoms with Crippen molar-refractivity contribution in [3.63, 3.8) is 0 Å². The predicted octanol–water partition coefficient (Wildman–Crippen LogP) is 1.76. The van der Waals surface area contributed by atoms with E-state index < -0.39 is 10.8 Å². The summed E-state index contributed by atoms with van der Waals surface area (Å²) in [4.78, 5) is 26.2. The van der Waals surface area contributed by atoms with Crippen molar-refractivity contribution >= 4 is 17.4 Å². The number of aromatic nitrogens is 2. The highest BCUT2D eigenvalue weighted by Gasteiger charge is 2.15. The summed E-state index contributed by atoms with van der Waals surface area (Å²) < 4.78 is 1.52. The van der Waals surface area contributed by atoms with Gasteiger partial charge < -0.3 is 9.88 Å². The Bertz CT molecular complexity index is 773. The van der Waals surface area contributed by atoms with Crippen LogP contribution in [0.1, 0.15) is 21.7 Å². The van der Waals surface area contributed by atoms with Crippen molar-refractivity contribution < 1.29 is 9.72 Å². The van der Waals surface area contributed by atoms with Gasteiger partial charge in [0.05, 0.1) is 10.5 Å². The number of nitriles is 1. The van der Waals surface area contributed by atoms with E-state index in [1.165, 1.54) is 35.9 Å². The largest absolute Gasteiger partial charge is 0.345 e. The number of hydrogen-bond donors (Lipinski definition) is 1. The highest BCUT2D eigenvalue weighted by atomic mass is 16.6. The van der Waals surface area contributed by atoms with Gasteiger partial charge in [-0.2, -0.15) is 5.26 Å². The van der Waals surface area contributed by atoms with Crippen LogP contribution in [0.25, 0.3) is 0 Å². The maximum atomic E-state index is 12.1. The number of aryl methyl sites for hydroxylation is 2. The molecule has 0 saturated carbocycles. The Kier molecular flexibility index (Phi) is 3.67. The van der Waals surface area contributed by atoms with Gasteiger partial charge in [0.1, 0.15) is 23.3 Å². The van der Waals surface area contributed by atoms with E-state index in [-0.39, 0.29) is 17.2 Å². The first-order chi connectivity index (χ1) is 9.92. The van der Waals surface area contributed by atoms with Gasteiger partial charge in [-0.25, -0.2) is 4.98 Å². The maximum absolute atomic E-state index is 12.1. The zero-order valence-electron chi connectivity index (χ0n) is 11.3. The number of carbonyl (C=O) groups excluding carboxylic acids is 1. The second-order valence-electron chi connectivity index (χ2n) is 4.35. The van der Waals surface area contributed by atoms with E-state index >= 15 is 0 Å². The van der Waals surface area contributed by atoms with Gasteiger partial charge in [0, 0.05) is 19.3 Å². The van der Waals surface area contributed by atoms with Crippen molar-refractivity contribution in [3.8, 4) is 6.07 Å². The molecule has 0 unspecified atom stereocenters. The molecule has 2 aromatic rings. The number of nitrogens with zero attached hydrogens (tertiary/aromatic N) is 4. The molecule has 1 N–H and O–H groups in total. The predicted molar refractivity (Wildman–Crippen MR) is 73.7 cm³/mol. The average molecular weight is 285 g/mol. The van der Waals surface area contributed by atoms with Crippen LogP contribution in [0.2, 0.25) is 0 Å². The van der Waals surface area contributed by atoms with Gasteiger partial charge in [-0.3, -0.25) is 14.9 Å². The monoisotopic (exact) mass is 285 g/mol. The normalized spacial score (nSPS) is 9.95. The molecule has 0 fully saturated rings. The lowest BCUT2D eigenvalue weighted by Crippen LogP contribution is -2.16. The van der Waals surface area contributed by atoms with Crippen LogP contribution in [-0.2, 0) is 7.05 Å². The molecule has 0 radical (unpaired) electrons. The quantitative estimate of drug-likeness (QED) is 0.681. The molecule has 2 rings (SSSR count). The zero-order valence-corrected chi connectivity index (χ0v) is 11.3. The Morgan fingerprint density at radius 3 is 2.76 bits per heavy atom. The Balaban J connectivity index is 2.24. The average Bonchev–Trinajstić information content (AvgIpc) is 2.79. The molecule has 21 heavy (non-hydrogen) atoms. The lowest BCUT2D eigenvalue weighted by molar-refractivity contribution is -0.385. The van der Waals surface area contributed by atoms with E-state index in [0.717, 1.165) is 0 Å². The fourth-order valence-electron chi connectivity index (χ4n) is 1.85. The molecule has 0 spiro atoms. The van der Waals surface area contributed by atoms with Crippen LogP contribution in [0.15, 0.2) is 24.4 Å². The van der Waals surface area contributed by atoms with E-state index in [9.17, 15) is 14.9 Å². The first kappa shape index (κ1) is 14.2. The highest BCUT2D eigenvalue weighted by Crippen LogP contribution is 2.18. The summed E-state index contributed by atoms with van der Waals surface area (Å²) >= 11 is 0. The van der Waals surface area contributed by atoms with Crippen molar-refractivity contribution in [3.05, 3.63) is 51.5 Å². The van der Waals surface area contributed by atoms with Crippen molar-refractivity contribution in [2.45, 2.75) is 6.92 Å². The third-order valence-corrected chi connectivity index (χ3v) is 2.86. The van der Waals surface area contributed by atoms with Gasteiger partial charge in [-0.05, 0) is 19.1 Å². The summed E-state index contributed by atoms with van der Waals surface area (Å²) in [6, 6.07) is 6.04. The van der Waals surface area contributed by atoms with Crippen LogP contribution >= 0.6 is 0 Å². The second kappa shape index (κ2) is 5.42. The molecular formula is C13H11N5O3. The second-order valence-corrected chi connectivity index (χ2v) is 4.35. The van der Waals surface area contributed by atoms with Gasteiger partial charge in [0.25, 0.3) is 11.6 Å². The lowest BCUT2D eigenvalue weighted by Gasteiger charge is -2.06. The van der Waals surface area contributed by atoms with Crippen LogP contribution in [0.3, 0.4) is 0 Å². The van der Waals surface area contributed by atoms with E-state index in [4.69, 9.17) is 5.26 Å². The van der Waals surface area contributed by atoms with Crippen LogP contribution in [0, 0.1) is 28.4 Å². The Morgan fingerprint density at radius 1 is 1.52 bits per heavy atom. The highest BCUT2D eigenvalue weighted by molar-refractivity contribution is 6.03. The van der Waals surface area contributed by atoms with E-state index in [1.807, 2.05) is 6.07 Å². The molecule has 2 heterocycles. The maximum Gasteiger partial charge on any atom is 0.290 e. The lowest BCUT2D eigenvalue weighted by atomic mass is 10.3. The first-order valence-electron chi connectivity index (χ1n) is 5.92. The summed E-state index contributed by atoms with van der Waals surface area (Å²) in [5.74, 6) is -0.234. The van der Waals surface area contributed by atoms with Gasteiger partial charge in [-0.15, -0.1) is 0 Å². The number of rotatable bonds is 3. The number of nitro groups is 1. The van der Waals surface area contributed by atoms with E-state index in [2.05, 4.69) is 10.3 Å². The van der Waals surface area contributed by atoms with Crippen LogP contribution in [-0.4, -0.2) is 20.4 Å². The minimum Gasteiger partial charge on any atom is -0.345 e. The number of anilines is 1. The smallest absolute Gasteiger partial charge is 0.290 e. The molecule has 0 saturated heterocycles. The molecule has 0 aliphatic carbocycles. The molecular weight excluding hydrogens is 274 g/mol. The number of carbonyl (C=O) groups is 1. The van der Waals surface area contributed by atoms with Crippen LogP contribution < -0.4 is 5.32 Å². The summed E-state index contributed by atoms with van der Waals surface area (Å²) in [7, 11) is 1.64. The fraction of sp³-hybridized carbons (Fsp3) is 0.154. The summed E-state index contributed by atoms with van der Waals surface area (Å²) in [6.45, 7) is 1.49. The SMILES string of the molecule is Cc1nc(NC(=O)c2cc(C#N)cn2C)ccc1[N+](=O)[O-]. The van der Waals surface area contributed by atoms with Gasteiger partial charge in [-0.1, -0.05) is 0 Å². The van der Waals surface area contributed by atoms with Crippen molar-refractivity contribution in [1.82, 2.24) is 9.55 Å². The number of nitrogens with one attached hydrogen (secondary N) is 1. The molecule has 0 atom stereocenters. The summed E-state index contributed by atoms with van der Waals surface area (Å²) in [6.07, 6.45) is 1.53. The topological polar surface area (TPSA) is 114 Å². The number of amides is 1. The molecule has 8 nitrogen and oxygen atoms in total. The molecule has 2 aromatic heterocycles. The minimum atomic E-state index is -0.537. The van der Waals surface area contributed by atoms with Crippen molar-refractivity contribution in [1.29, 1.82) is 5.26 Å². The molecule has 0 aliphatic rings. The third kappa shape index (κ3) is 2.87. The Hall–Kier alpha value is -3.21. The van der Waals surface area contributed by atoms with Crippen molar-refractivity contribution in [2.75, 3.05) is 5.32 Å².